The third-order valence-electron chi connectivity index (χ3n) is 5.17. The number of piperidine rings is 1. The minimum atomic E-state index is -3.68. The summed E-state index contributed by atoms with van der Waals surface area (Å²) in [7, 11) is -0.642. The fraction of sp³-hybridized carbons (Fsp3) is 0.381. The Morgan fingerprint density at radius 2 is 1.80 bits per heavy atom. The first-order valence-corrected chi connectivity index (χ1v) is 11.8. The fourth-order valence-corrected chi connectivity index (χ4v) is 5.50. The van der Waals surface area contributed by atoms with Gasteiger partial charge in [-0.25, -0.2) is 8.42 Å². The number of sulfonamides is 1. The number of methoxy groups -OCH3 is 2. The minimum Gasteiger partial charge on any atom is -0.497 e. The molecule has 7 nitrogen and oxygen atoms in total. The average molecular weight is 497 g/mol. The molecule has 1 saturated heterocycles. The molecular weight excluding hydrogens is 472 g/mol. The maximum atomic E-state index is 13.1. The molecule has 1 N–H and O–H groups in total. The van der Waals surface area contributed by atoms with Crippen molar-refractivity contribution in [3.63, 3.8) is 0 Å². The quantitative estimate of drug-likeness (QED) is 0.649. The second-order valence-corrected chi connectivity index (χ2v) is 10.1. The molecule has 162 valence electrons. The molecule has 2 aromatic rings. The number of carbonyl (C=O) groups is 1. The second-order valence-electron chi connectivity index (χ2n) is 7.28. The number of hydrogen-bond donors (Lipinski definition) is 1. The zero-order valence-electron chi connectivity index (χ0n) is 17.1. The van der Waals surface area contributed by atoms with Gasteiger partial charge in [0.15, 0.2) is 0 Å². The van der Waals surface area contributed by atoms with Crippen LogP contribution in [0, 0.1) is 5.92 Å². The van der Waals surface area contributed by atoms with Gasteiger partial charge < -0.3 is 14.8 Å². The number of benzene rings is 2. The van der Waals surface area contributed by atoms with E-state index >= 15 is 0 Å². The molecule has 0 aliphatic carbocycles. The van der Waals surface area contributed by atoms with Crippen molar-refractivity contribution in [2.24, 2.45) is 5.92 Å². The minimum absolute atomic E-state index is 0.0956. The molecular formula is C21H25BrN2O5S. The van der Waals surface area contributed by atoms with E-state index in [0.29, 0.717) is 40.7 Å². The van der Waals surface area contributed by atoms with Crippen molar-refractivity contribution < 1.29 is 22.7 Å². The van der Waals surface area contributed by atoms with Crippen LogP contribution < -0.4 is 14.8 Å². The lowest BCUT2D eigenvalue weighted by Gasteiger charge is -2.29. The number of ether oxygens (including phenoxy) is 2. The van der Waals surface area contributed by atoms with Gasteiger partial charge >= 0.3 is 0 Å². The van der Waals surface area contributed by atoms with Crippen LogP contribution in [-0.4, -0.2) is 45.9 Å². The molecule has 1 fully saturated rings. The molecule has 9 heteroatoms. The summed E-state index contributed by atoms with van der Waals surface area (Å²) in [6, 6.07) is 9.54. The first-order valence-electron chi connectivity index (χ1n) is 9.58. The summed E-state index contributed by atoms with van der Waals surface area (Å²) in [6.45, 7) is 3.10. The molecule has 1 amide bonds. The highest BCUT2D eigenvalue weighted by atomic mass is 79.9. The molecule has 0 saturated carbocycles. The summed E-state index contributed by atoms with van der Waals surface area (Å²) >= 11 is 3.34. The van der Waals surface area contributed by atoms with Gasteiger partial charge in [0.2, 0.25) is 10.0 Å². The SMILES string of the molecule is COc1ccc(NC(=O)c2cc(Br)cc(S(=O)(=O)N3CCC(C)CC3)c2)c(OC)c1. The standard InChI is InChI=1S/C21H25BrN2O5S/c1-14-6-8-24(9-7-14)30(26,27)18-11-15(10-16(22)12-18)21(25)23-19-5-4-17(28-2)13-20(19)29-3/h4-5,10-14H,6-9H2,1-3H3,(H,23,25). The summed E-state index contributed by atoms with van der Waals surface area (Å²) in [6.07, 6.45) is 1.66. The Morgan fingerprint density at radius 3 is 2.43 bits per heavy atom. The van der Waals surface area contributed by atoms with E-state index in [1.54, 1.807) is 31.4 Å². The highest BCUT2D eigenvalue weighted by molar-refractivity contribution is 9.10. The van der Waals surface area contributed by atoms with E-state index < -0.39 is 15.9 Å². The average Bonchev–Trinajstić information content (AvgIpc) is 2.73. The number of halogens is 1. The lowest BCUT2D eigenvalue weighted by atomic mass is 10.0. The van der Waals surface area contributed by atoms with Crippen molar-refractivity contribution in [1.82, 2.24) is 4.31 Å². The van der Waals surface area contributed by atoms with Crippen LogP contribution in [0.15, 0.2) is 45.8 Å². The van der Waals surface area contributed by atoms with Crippen LogP contribution >= 0.6 is 15.9 Å². The number of anilines is 1. The van der Waals surface area contributed by atoms with Crippen molar-refractivity contribution in [3.05, 3.63) is 46.4 Å². The number of nitrogens with one attached hydrogen (secondary N) is 1. The van der Waals surface area contributed by atoms with Gasteiger partial charge in [-0.15, -0.1) is 0 Å². The van der Waals surface area contributed by atoms with Crippen molar-refractivity contribution >= 4 is 37.5 Å². The number of amides is 1. The Bertz CT molecular complexity index is 1030. The molecule has 0 aromatic heterocycles. The van der Waals surface area contributed by atoms with Crippen LogP contribution in [0.1, 0.15) is 30.1 Å². The molecule has 0 spiro atoms. The number of hydrogen-bond acceptors (Lipinski definition) is 5. The maximum absolute atomic E-state index is 13.1. The van der Waals surface area contributed by atoms with Gasteiger partial charge in [-0.2, -0.15) is 4.31 Å². The highest BCUT2D eigenvalue weighted by Gasteiger charge is 2.29. The van der Waals surface area contributed by atoms with Gasteiger partial charge in [0.25, 0.3) is 5.91 Å². The molecule has 0 bridgehead atoms. The van der Waals surface area contributed by atoms with Gasteiger partial charge in [0.1, 0.15) is 11.5 Å². The second kappa shape index (κ2) is 9.36. The summed E-state index contributed by atoms with van der Waals surface area (Å²) in [4.78, 5) is 13.0. The van der Waals surface area contributed by atoms with Crippen LogP contribution in [0.25, 0.3) is 0 Å². The summed E-state index contributed by atoms with van der Waals surface area (Å²) in [5.41, 5.74) is 0.684. The lowest BCUT2D eigenvalue weighted by molar-refractivity contribution is 0.102. The van der Waals surface area contributed by atoms with Crippen LogP contribution in [0.5, 0.6) is 11.5 Å². The van der Waals surface area contributed by atoms with Crippen LogP contribution in [0.4, 0.5) is 5.69 Å². The van der Waals surface area contributed by atoms with Crippen LogP contribution in [0.3, 0.4) is 0 Å². The van der Waals surface area contributed by atoms with E-state index in [2.05, 4.69) is 28.2 Å². The summed E-state index contributed by atoms with van der Waals surface area (Å²) in [5, 5.41) is 2.77. The summed E-state index contributed by atoms with van der Waals surface area (Å²) < 4.78 is 38.7. The Kier molecular flexibility index (Phi) is 7.05. The van der Waals surface area contributed by atoms with Crippen LogP contribution in [-0.2, 0) is 10.0 Å². The van der Waals surface area contributed by atoms with E-state index in [1.165, 1.54) is 23.5 Å². The van der Waals surface area contributed by atoms with E-state index in [1.807, 2.05) is 0 Å². The number of carbonyl (C=O) groups excluding carboxylic acids is 1. The largest absolute Gasteiger partial charge is 0.497 e. The maximum Gasteiger partial charge on any atom is 0.255 e. The van der Waals surface area contributed by atoms with Gasteiger partial charge in [-0.3, -0.25) is 4.79 Å². The molecule has 3 rings (SSSR count). The van der Waals surface area contributed by atoms with Gasteiger partial charge in [0.05, 0.1) is 24.8 Å². The molecule has 0 unspecified atom stereocenters. The van der Waals surface area contributed by atoms with Gasteiger partial charge in [0, 0.05) is 29.2 Å². The third-order valence-corrected chi connectivity index (χ3v) is 7.50. The van der Waals surface area contributed by atoms with Gasteiger partial charge in [-0.1, -0.05) is 22.9 Å². The van der Waals surface area contributed by atoms with Crippen LogP contribution in [0.2, 0.25) is 0 Å². The smallest absolute Gasteiger partial charge is 0.255 e. The van der Waals surface area contributed by atoms with Crippen molar-refractivity contribution in [3.8, 4) is 11.5 Å². The predicted molar refractivity (Wildman–Crippen MR) is 119 cm³/mol. The molecule has 2 aromatic carbocycles. The topological polar surface area (TPSA) is 84.9 Å². The molecule has 1 aliphatic heterocycles. The van der Waals surface area contributed by atoms with E-state index in [-0.39, 0.29) is 10.5 Å². The van der Waals surface area contributed by atoms with E-state index in [9.17, 15) is 13.2 Å². The van der Waals surface area contributed by atoms with Crippen molar-refractivity contribution in [1.29, 1.82) is 0 Å². The molecule has 0 radical (unpaired) electrons. The highest BCUT2D eigenvalue weighted by Crippen LogP contribution is 2.30. The number of nitrogens with zero attached hydrogens (tertiary/aromatic N) is 1. The first-order chi connectivity index (χ1) is 14.2. The normalized spacial score (nSPS) is 15.6. The molecule has 1 aliphatic rings. The van der Waals surface area contributed by atoms with E-state index in [4.69, 9.17) is 9.47 Å². The Labute approximate surface area is 185 Å². The molecule has 30 heavy (non-hydrogen) atoms. The van der Waals surface area contributed by atoms with Crippen molar-refractivity contribution in [2.45, 2.75) is 24.7 Å². The zero-order chi connectivity index (χ0) is 21.9. The monoisotopic (exact) mass is 496 g/mol. The molecule has 1 heterocycles. The summed E-state index contributed by atoms with van der Waals surface area (Å²) in [5.74, 6) is 1.10. The first kappa shape index (κ1) is 22.6. The Hall–Kier alpha value is -2.10. The Balaban J connectivity index is 1.87. The third kappa shape index (κ3) is 4.96. The fourth-order valence-electron chi connectivity index (χ4n) is 3.31. The molecule has 0 atom stereocenters. The lowest BCUT2D eigenvalue weighted by Crippen LogP contribution is -2.38. The van der Waals surface area contributed by atoms with Gasteiger partial charge in [-0.05, 0) is 49.1 Å². The van der Waals surface area contributed by atoms with Crippen molar-refractivity contribution in [2.75, 3.05) is 32.6 Å². The number of rotatable bonds is 6. The Morgan fingerprint density at radius 1 is 1.10 bits per heavy atom. The predicted octanol–water partition coefficient (Wildman–Crippen LogP) is 4.14. The van der Waals surface area contributed by atoms with E-state index in [0.717, 1.165) is 12.8 Å². The zero-order valence-corrected chi connectivity index (χ0v) is 19.5.